The molecule has 3 rings (SSSR count). The first-order valence-electron chi connectivity index (χ1n) is 5.72. The molecule has 19 heavy (non-hydrogen) atoms. The van der Waals surface area contributed by atoms with E-state index < -0.39 is 0 Å². The van der Waals surface area contributed by atoms with Crippen molar-refractivity contribution in [2.75, 3.05) is 0 Å². The number of para-hydroxylation sites is 1. The fourth-order valence-corrected chi connectivity index (χ4v) is 3.65. The molecular weight excluding hydrogens is 278 g/mol. The summed E-state index contributed by atoms with van der Waals surface area (Å²) in [6.45, 7) is 1.88. The average Bonchev–Trinajstić information content (AvgIpc) is 2.94. The molecule has 0 aliphatic heterocycles. The monoisotopic (exact) mass is 289 g/mol. The van der Waals surface area contributed by atoms with Gasteiger partial charge in [-0.15, -0.1) is 10.2 Å². The van der Waals surface area contributed by atoms with E-state index in [1.54, 1.807) is 0 Å². The number of benzene rings is 1. The molecule has 2 aromatic heterocycles. The Balaban J connectivity index is 1.95. The lowest BCUT2D eigenvalue weighted by atomic mass is 10.2. The number of nitrogens with zero attached hydrogens (tertiary/aromatic N) is 3. The summed E-state index contributed by atoms with van der Waals surface area (Å²) >= 11 is 2.57. The van der Waals surface area contributed by atoms with E-state index in [2.05, 4.69) is 10.2 Å². The summed E-state index contributed by atoms with van der Waals surface area (Å²) in [5, 5.41) is 9.82. The maximum absolute atomic E-state index is 12.3. The molecule has 3 aromatic rings. The lowest BCUT2D eigenvalue weighted by Gasteiger charge is -2.01. The van der Waals surface area contributed by atoms with Gasteiger partial charge in [0.1, 0.15) is 5.01 Å². The minimum absolute atomic E-state index is 0.00477. The lowest BCUT2D eigenvalue weighted by molar-refractivity contribution is 0.108. The zero-order valence-electron chi connectivity index (χ0n) is 10.5. The van der Waals surface area contributed by atoms with Gasteiger partial charge in [0.2, 0.25) is 5.12 Å². The van der Waals surface area contributed by atoms with Gasteiger partial charge in [0.15, 0.2) is 4.34 Å². The van der Waals surface area contributed by atoms with Gasteiger partial charge in [-0.3, -0.25) is 4.79 Å². The van der Waals surface area contributed by atoms with Gasteiger partial charge in [-0.1, -0.05) is 29.5 Å². The molecule has 0 radical (unpaired) electrons. The Morgan fingerprint density at radius 2 is 2.11 bits per heavy atom. The van der Waals surface area contributed by atoms with E-state index in [0.717, 1.165) is 27.7 Å². The first-order chi connectivity index (χ1) is 9.15. The highest BCUT2D eigenvalue weighted by molar-refractivity contribution is 8.15. The van der Waals surface area contributed by atoms with Crippen LogP contribution in [0.3, 0.4) is 0 Å². The Hall–Kier alpha value is -1.66. The molecule has 0 spiro atoms. The van der Waals surface area contributed by atoms with E-state index in [9.17, 15) is 4.79 Å². The summed E-state index contributed by atoms with van der Waals surface area (Å²) in [7, 11) is 1.90. The van der Waals surface area contributed by atoms with Crippen LogP contribution >= 0.6 is 23.1 Å². The summed E-state index contributed by atoms with van der Waals surface area (Å²) < 4.78 is 2.60. The molecule has 0 unspecified atom stereocenters. The molecular formula is C13H11N3OS2. The first kappa shape index (κ1) is 12.4. The Kier molecular flexibility index (Phi) is 3.12. The zero-order valence-corrected chi connectivity index (χ0v) is 12.1. The van der Waals surface area contributed by atoms with Crippen molar-refractivity contribution in [2.24, 2.45) is 7.05 Å². The smallest absolute Gasteiger partial charge is 0.242 e. The average molecular weight is 289 g/mol. The quantitative estimate of drug-likeness (QED) is 0.679. The highest BCUT2D eigenvalue weighted by Gasteiger charge is 2.16. The largest absolute Gasteiger partial charge is 0.340 e. The van der Waals surface area contributed by atoms with E-state index >= 15 is 0 Å². The third-order valence-electron chi connectivity index (χ3n) is 2.85. The number of thioether (sulfide) groups is 1. The highest BCUT2D eigenvalue weighted by atomic mass is 32.2. The molecule has 0 saturated carbocycles. The predicted molar refractivity (Wildman–Crippen MR) is 77.8 cm³/mol. The third-order valence-corrected chi connectivity index (χ3v) is 4.63. The summed E-state index contributed by atoms with van der Waals surface area (Å²) in [5.74, 6) is 0. The summed E-state index contributed by atoms with van der Waals surface area (Å²) in [6.07, 6.45) is 0. The molecule has 1 aromatic carbocycles. The van der Waals surface area contributed by atoms with Crippen LogP contribution in [0.5, 0.6) is 0 Å². The number of aromatic nitrogens is 3. The molecule has 0 N–H and O–H groups in total. The summed E-state index contributed by atoms with van der Waals surface area (Å²) in [6, 6.07) is 9.87. The number of hydrogen-bond acceptors (Lipinski definition) is 5. The number of aryl methyl sites for hydroxylation is 2. The molecule has 6 heteroatoms. The van der Waals surface area contributed by atoms with Gasteiger partial charge >= 0.3 is 0 Å². The van der Waals surface area contributed by atoms with Crippen molar-refractivity contribution >= 4 is 39.1 Å². The molecule has 0 saturated heterocycles. The van der Waals surface area contributed by atoms with Crippen molar-refractivity contribution in [3.8, 4) is 0 Å². The molecule has 2 heterocycles. The Bertz CT molecular complexity index is 760. The van der Waals surface area contributed by atoms with Gasteiger partial charge in [0.05, 0.1) is 5.69 Å². The van der Waals surface area contributed by atoms with Crippen LogP contribution in [0.15, 0.2) is 34.7 Å². The van der Waals surface area contributed by atoms with Crippen molar-refractivity contribution < 1.29 is 4.79 Å². The Morgan fingerprint density at radius 3 is 2.79 bits per heavy atom. The second-order valence-electron chi connectivity index (χ2n) is 4.12. The fourth-order valence-electron chi connectivity index (χ4n) is 1.94. The van der Waals surface area contributed by atoms with Gasteiger partial charge in [-0.2, -0.15) is 0 Å². The molecule has 0 fully saturated rings. The second-order valence-corrected chi connectivity index (χ2v) is 6.53. The van der Waals surface area contributed by atoms with Crippen LogP contribution in [-0.4, -0.2) is 19.9 Å². The van der Waals surface area contributed by atoms with Crippen LogP contribution in [0.2, 0.25) is 0 Å². The first-order valence-corrected chi connectivity index (χ1v) is 7.35. The topological polar surface area (TPSA) is 47.8 Å². The fraction of sp³-hybridized carbons (Fsp3) is 0.154. The number of rotatable bonds is 2. The number of fused-ring (bicyclic) bond motifs is 1. The summed E-state index contributed by atoms with van der Waals surface area (Å²) in [5.41, 5.74) is 1.74. The number of carbonyl (C=O) groups is 1. The van der Waals surface area contributed by atoms with Crippen LogP contribution in [-0.2, 0) is 7.05 Å². The second kappa shape index (κ2) is 4.79. The normalized spacial score (nSPS) is 11.1. The van der Waals surface area contributed by atoms with Crippen LogP contribution < -0.4 is 0 Å². The molecule has 0 amide bonds. The van der Waals surface area contributed by atoms with E-state index in [-0.39, 0.29) is 5.12 Å². The molecule has 0 aliphatic carbocycles. The minimum atomic E-state index is -0.00477. The van der Waals surface area contributed by atoms with Gasteiger partial charge < -0.3 is 4.57 Å². The SMILES string of the molecule is Cc1nnc(SC(=O)c2cc3ccccc3n2C)s1. The van der Waals surface area contributed by atoms with Crippen molar-refractivity contribution in [3.05, 3.63) is 41.0 Å². The van der Waals surface area contributed by atoms with Gasteiger partial charge in [-0.25, -0.2) is 0 Å². The minimum Gasteiger partial charge on any atom is -0.340 e. The van der Waals surface area contributed by atoms with E-state index in [1.807, 2.05) is 48.9 Å². The lowest BCUT2D eigenvalue weighted by Crippen LogP contribution is -2.01. The maximum atomic E-state index is 12.3. The maximum Gasteiger partial charge on any atom is 0.242 e. The van der Waals surface area contributed by atoms with Crippen molar-refractivity contribution in [1.82, 2.24) is 14.8 Å². The van der Waals surface area contributed by atoms with Crippen molar-refractivity contribution in [3.63, 3.8) is 0 Å². The Labute approximate surface area is 118 Å². The standard InChI is InChI=1S/C13H11N3OS2/c1-8-14-15-13(18-8)19-12(17)11-7-9-5-3-4-6-10(9)16(11)2/h3-7H,1-2H3. The van der Waals surface area contributed by atoms with Gasteiger partial charge in [0.25, 0.3) is 0 Å². The van der Waals surface area contributed by atoms with E-state index in [0.29, 0.717) is 10.0 Å². The molecule has 0 bridgehead atoms. The molecule has 4 nitrogen and oxygen atoms in total. The van der Waals surface area contributed by atoms with Crippen molar-refractivity contribution in [2.45, 2.75) is 11.3 Å². The molecule has 96 valence electrons. The van der Waals surface area contributed by atoms with Gasteiger partial charge in [-0.05, 0) is 30.8 Å². The third kappa shape index (κ3) is 2.29. The van der Waals surface area contributed by atoms with E-state index in [4.69, 9.17) is 0 Å². The number of hydrogen-bond donors (Lipinski definition) is 0. The van der Waals surface area contributed by atoms with Crippen LogP contribution in [0.1, 0.15) is 15.5 Å². The predicted octanol–water partition coefficient (Wildman–Crippen LogP) is 3.27. The van der Waals surface area contributed by atoms with E-state index in [1.165, 1.54) is 11.3 Å². The Morgan fingerprint density at radius 1 is 1.32 bits per heavy atom. The molecule has 0 aliphatic rings. The van der Waals surface area contributed by atoms with Crippen molar-refractivity contribution in [1.29, 1.82) is 0 Å². The highest BCUT2D eigenvalue weighted by Crippen LogP contribution is 2.28. The molecule has 0 atom stereocenters. The van der Waals surface area contributed by atoms with Crippen LogP contribution in [0, 0.1) is 6.92 Å². The number of carbonyl (C=O) groups excluding carboxylic acids is 1. The van der Waals surface area contributed by atoms with Crippen LogP contribution in [0.4, 0.5) is 0 Å². The summed E-state index contributed by atoms with van der Waals surface area (Å²) in [4.78, 5) is 12.3. The van der Waals surface area contributed by atoms with Crippen LogP contribution in [0.25, 0.3) is 10.9 Å². The van der Waals surface area contributed by atoms with Gasteiger partial charge in [0, 0.05) is 18.0 Å². The zero-order chi connectivity index (χ0) is 13.4.